The van der Waals surface area contributed by atoms with Crippen molar-refractivity contribution < 1.29 is 14.6 Å². The van der Waals surface area contributed by atoms with Crippen LogP contribution in [0.25, 0.3) is 0 Å². The van der Waals surface area contributed by atoms with Crippen molar-refractivity contribution in [2.45, 2.75) is 49.8 Å². The standard InChI is InChI=1S/C21H30N2O3/c1-22-13-14-26-15-19(22)20(24)23-12-11-21(25,16-7-3-2-4-8-16)17-9-5-6-10-18(17)23/h2-4,7-8,17-19,25H,5-6,9-15H2,1H3/t17-,18+,19?,21-/m1/s1. The average molecular weight is 358 g/mol. The SMILES string of the molecule is CN1CCOCC1C(=O)N1CC[C@@](O)(c2ccccc2)[C@@H]2CCCC[C@@H]21. The van der Waals surface area contributed by atoms with Crippen molar-refractivity contribution >= 4 is 5.91 Å². The van der Waals surface area contributed by atoms with E-state index in [1.54, 1.807) is 0 Å². The number of ether oxygens (including phenoxy) is 1. The summed E-state index contributed by atoms with van der Waals surface area (Å²) in [7, 11) is 2.01. The Morgan fingerprint density at radius 1 is 1.19 bits per heavy atom. The van der Waals surface area contributed by atoms with E-state index >= 15 is 0 Å². The second-order valence-electron chi connectivity index (χ2n) is 8.10. The maximum atomic E-state index is 13.3. The molecule has 5 nitrogen and oxygen atoms in total. The van der Waals surface area contributed by atoms with Crippen LogP contribution in [0.3, 0.4) is 0 Å². The number of amides is 1. The van der Waals surface area contributed by atoms with Gasteiger partial charge in [-0.05, 0) is 31.9 Å². The molecule has 26 heavy (non-hydrogen) atoms. The summed E-state index contributed by atoms with van der Waals surface area (Å²) < 4.78 is 5.57. The van der Waals surface area contributed by atoms with E-state index in [-0.39, 0.29) is 23.9 Å². The molecule has 1 aromatic rings. The Kier molecular flexibility index (Phi) is 5.04. The summed E-state index contributed by atoms with van der Waals surface area (Å²) in [5, 5.41) is 11.6. The summed E-state index contributed by atoms with van der Waals surface area (Å²) in [6.45, 7) is 2.59. The summed E-state index contributed by atoms with van der Waals surface area (Å²) in [5.74, 6) is 0.297. The van der Waals surface area contributed by atoms with Gasteiger partial charge in [0.2, 0.25) is 5.91 Å². The molecule has 1 aromatic carbocycles. The monoisotopic (exact) mass is 358 g/mol. The number of morpholine rings is 1. The number of nitrogens with zero attached hydrogens (tertiary/aromatic N) is 2. The number of rotatable bonds is 2. The predicted octanol–water partition coefficient (Wildman–Crippen LogP) is 2.00. The van der Waals surface area contributed by atoms with Crippen LogP contribution in [-0.2, 0) is 15.1 Å². The third kappa shape index (κ3) is 3.06. The second kappa shape index (κ2) is 7.29. The van der Waals surface area contributed by atoms with Crippen LogP contribution in [-0.4, -0.2) is 66.2 Å². The van der Waals surface area contributed by atoms with Crippen molar-refractivity contribution in [2.24, 2.45) is 5.92 Å². The van der Waals surface area contributed by atoms with Crippen LogP contribution < -0.4 is 0 Å². The number of aliphatic hydroxyl groups is 1. The second-order valence-corrected chi connectivity index (χ2v) is 8.10. The van der Waals surface area contributed by atoms with E-state index in [4.69, 9.17) is 4.74 Å². The molecule has 0 bridgehead atoms. The summed E-state index contributed by atoms with van der Waals surface area (Å²) in [4.78, 5) is 17.5. The molecule has 1 aliphatic carbocycles. The van der Waals surface area contributed by atoms with Crippen LogP contribution in [0.4, 0.5) is 0 Å². The van der Waals surface area contributed by atoms with Crippen LogP contribution in [0, 0.1) is 5.92 Å². The Bertz CT molecular complexity index is 637. The van der Waals surface area contributed by atoms with E-state index in [0.29, 0.717) is 26.2 Å². The van der Waals surface area contributed by atoms with Gasteiger partial charge in [0.05, 0.1) is 18.8 Å². The van der Waals surface area contributed by atoms with Gasteiger partial charge in [0.15, 0.2) is 0 Å². The summed E-state index contributed by atoms with van der Waals surface area (Å²) in [5.41, 5.74) is 0.181. The van der Waals surface area contributed by atoms with Gasteiger partial charge in [0, 0.05) is 25.0 Å². The van der Waals surface area contributed by atoms with E-state index in [1.807, 2.05) is 37.4 Å². The van der Waals surface area contributed by atoms with Crippen molar-refractivity contribution in [1.29, 1.82) is 0 Å². The number of likely N-dealkylation sites (N-methyl/N-ethyl adjacent to an activating group) is 1. The lowest BCUT2D eigenvalue weighted by molar-refractivity contribution is -0.163. The molecule has 2 aliphatic heterocycles. The molecule has 1 saturated carbocycles. The van der Waals surface area contributed by atoms with Gasteiger partial charge in [-0.2, -0.15) is 0 Å². The molecule has 5 heteroatoms. The Morgan fingerprint density at radius 3 is 2.73 bits per heavy atom. The zero-order valence-electron chi connectivity index (χ0n) is 15.6. The number of carbonyl (C=O) groups excluding carboxylic acids is 1. The third-order valence-electron chi connectivity index (χ3n) is 6.71. The van der Waals surface area contributed by atoms with Crippen molar-refractivity contribution in [3.8, 4) is 0 Å². The fourth-order valence-corrected chi connectivity index (χ4v) is 5.18. The normalized spacial score (nSPS) is 35.8. The van der Waals surface area contributed by atoms with Crippen LogP contribution in [0.1, 0.15) is 37.7 Å². The van der Waals surface area contributed by atoms with E-state index in [0.717, 1.165) is 37.8 Å². The first-order valence-corrected chi connectivity index (χ1v) is 9.97. The number of carbonyl (C=O) groups is 1. The first-order chi connectivity index (χ1) is 12.6. The lowest BCUT2D eigenvalue weighted by atomic mass is 9.66. The molecule has 0 aromatic heterocycles. The number of hydrogen-bond acceptors (Lipinski definition) is 4. The molecule has 142 valence electrons. The Balaban J connectivity index is 1.59. The maximum absolute atomic E-state index is 13.3. The minimum Gasteiger partial charge on any atom is -0.385 e. The van der Waals surface area contributed by atoms with Gasteiger partial charge < -0.3 is 14.7 Å². The van der Waals surface area contributed by atoms with E-state index in [2.05, 4.69) is 9.80 Å². The lowest BCUT2D eigenvalue weighted by Crippen LogP contribution is -2.63. The topological polar surface area (TPSA) is 53.0 Å². The first-order valence-electron chi connectivity index (χ1n) is 9.97. The number of hydrogen-bond donors (Lipinski definition) is 1. The molecule has 1 unspecified atom stereocenters. The van der Waals surface area contributed by atoms with Crippen LogP contribution >= 0.6 is 0 Å². The highest BCUT2D eigenvalue weighted by atomic mass is 16.5. The fraction of sp³-hybridized carbons (Fsp3) is 0.667. The molecular weight excluding hydrogens is 328 g/mol. The number of benzene rings is 1. The lowest BCUT2D eigenvalue weighted by Gasteiger charge is -2.53. The molecule has 1 amide bonds. The smallest absolute Gasteiger partial charge is 0.242 e. The van der Waals surface area contributed by atoms with Crippen LogP contribution in [0.2, 0.25) is 0 Å². The largest absolute Gasteiger partial charge is 0.385 e. The highest BCUT2D eigenvalue weighted by Crippen LogP contribution is 2.47. The molecule has 0 spiro atoms. The number of fused-ring (bicyclic) bond motifs is 1. The summed E-state index contributed by atoms with van der Waals surface area (Å²) in [6, 6.07) is 9.99. The van der Waals surface area contributed by atoms with Gasteiger partial charge in [-0.25, -0.2) is 0 Å². The predicted molar refractivity (Wildman–Crippen MR) is 99.7 cm³/mol. The average Bonchev–Trinajstić information content (AvgIpc) is 2.69. The van der Waals surface area contributed by atoms with Crippen molar-refractivity contribution in [3.63, 3.8) is 0 Å². The van der Waals surface area contributed by atoms with Gasteiger partial charge in [0.25, 0.3) is 0 Å². The third-order valence-corrected chi connectivity index (χ3v) is 6.71. The van der Waals surface area contributed by atoms with Crippen LogP contribution in [0.5, 0.6) is 0 Å². The molecule has 4 atom stereocenters. The highest BCUT2D eigenvalue weighted by molar-refractivity contribution is 5.82. The van der Waals surface area contributed by atoms with Crippen molar-refractivity contribution in [1.82, 2.24) is 9.80 Å². The van der Waals surface area contributed by atoms with Gasteiger partial charge in [-0.3, -0.25) is 9.69 Å². The number of piperidine rings is 1. The minimum absolute atomic E-state index is 0.117. The quantitative estimate of drug-likeness (QED) is 0.879. The summed E-state index contributed by atoms with van der Waals surface area (Å²) >= 11 is 0. The first kappa shape index (κ1) is 18.0. The molecule has 2 saturated heterocycles. The van der Waals surface area contributed by atoms with Gasteiger partial charge in [-0.1, -0.05) is 43.2 Å². The molecular formula is C21H30N2O3. The van der Waals surface area contributed by atoms with E-state index in [9.17, 15) is 9.90 Å². The molecule has 3 aliphatic rings. The minimum atomic E-state index is -0.821. The number of likely N-dealkylation sites (tertiary alicyclic amines) is 1. The van der Waals surface area contributed by atoms with Gasteiger partial charge >= 0.3 is 0 Å². The Hall–Kier alpha value is -1.43. The van der Waals surface area contributed by atoms with Gasteiger partial charge in [-0.15, -0.1) is 0 Å². The molecule has 4 rings (SSSR count). The van der Waals surface area contributed by atoms with Gasteiger partial charge in [0.1, 0.15) is 6.04 Å². The Morgan fingerprint density at radius 2 is 1.96 bits per heavy atom. The maximum Gasteiger partial charge on any atom is 0.242 e. The fourth-order valence-electron chi connectivity index (χ4n) is 5.18. The van der Waals surface area contributed by atoms with E-state index in [1.165, 1.54) is 0 Å². The summed E-state index contributed by atoms with van der Waals surface area (Å²) in [6.07, 6.45) is 4.85. The zero-order chi connectivity index (χ0) is 18.1. The van der Waals surface area contributed by atoms with E-state index < -0.39 is 5.60 Å². The molecule has 2 heterocycles. The van der Waals surface area contributed by atoms with Crippen LogP contribution in [0.15, 0.2) is 30.3 Å². The Labute approximate surface area is 155 Å². The highest BCUT2D eigenvalue weighted by Gasteiger charge is 2.51. The molecule has 1 N–H and O–H groups in total. The molecule has 3 fully saturated rings. The van der Waals surface area contributed by atoms with Crippen molar-refractivity contribution in [3.05, 3.63) is 35.9 Å². The van der Waals surface area contributed by atoms with Crippen molar-refractivity contribution in [2.75, 3.05) is 33.4 Å². The zero-order valence-corrected chi connectivity index (χ0v) is 15.6. The molecule has 0 radical (unpaired) electrons.